The van der Waals surface area contributed by atoms with Gasteiger partial charge >= 0.3 is 0 Å². The quantitative estimate of drug-likeness (QED) is 0.382. The summed E-state index contributed by atoms with van der Waals surface area (Å²) in [6.07, 6.45) is 1.82. The Labute approximate surface area is 200 Å². The largest absolute Gasteiger partial charge is 0.497 e. The molecular weight excluding hydrogens is 448 g/mol. The first-order valence-corrected chi connectivity index (χ1v) is 12.6. The molecule has 0 aliphatic heterocycles. The van der Waals surface area contributed by atoms with Crippen LogP contribution < -0.4 is 14.8 Å². The minimum Gasteiger partial charge on any atom is -0.497 e. The van der Waals surface area contributed by atoms with E-state index in [2.05, 4.69) is 15.1 Å². The zero-order valence-electron chi connectivity index (χ0n) is 20.1. The number of benzene rings is 3. The number of aromatic nitrogens is 2. The van der Waals surface area contributed by atoms with Crippen LogP contribution in [0.5, 0.6) is 5.75 Å². The summed E-state index contributed by atoms with van der Waals surface area (Å²) >= 11 is 0. The van der Waals surface area contributed by atoms with Crippen LogP contribution in [0.1, 0.15) is 23.6 Å². The van der Waals surface area contributed by atoms with E-state index in [-0.39, 0.29) is 6.04 Å². The second kappa shape index (κ2) is 9.48. The number of nitrogens with one attached hydrogen (secondary N) is 2. The van der Waals surface area contributed by atoms with Gasteiger partial charge < -0.3 is 10.1 Å². The second-order valence-electron chi connectivity index (χ2n) is 8.62. The molecule has 2 N–H and O–H groups in total. The van der Waals surface area contributed by atoms with Crippen LogP contribution >= 0.6 is 0 Å². The molecule has 34 heavy (non-hydrogen) atoms. The molecule has 0 aliphatic carbocycles. The van der Waals surface area contributed by atoms with Gasteiger partial charge in [0.15, 0.2) is 0 Å². The average molecular weight is 479 g/mol. The summed E-state index contributed by atoms with van der Waals surface area (Å²) in [4.78, 5) is 0.354. The van der Waals surface area contributed by atoms with Crippen LogP contribution in [0.15, 0.2) is 65.7 Å². The van der Waals surface area contributed by atoms with E-state index in [1.165, 1.54) is 0 Å². The first-order valence-electron chi connectivity index (χ1n) is 11.1. The van der Waals surface area contributed by atoms with Crippen LogP contribution in [-0.4, -0.2) is 37.9 Å². The maximum absolute atomic E-state index is 13.1. The van der Waals surface area contributed by atoms with Gasteiger partial charge in [0.1, 0.15) is 5.75 Å². The highest BCUT2D eigenvalue weighted by atomic mass is 32.2. The number of hydrogen-bond acceptors (Lipinski definition) is 5. The van der Waals surface area contributed by atoms with Crippen molar-refractivity contribution in [1.29, 1.82) is 0 Å². The summed E-state index contributed by atoms with van der Waals surface area (Å²) in [6, 6.07) is 17.1. The molecule has 3 aromatic carbocycles. The summed E-state index contributed by atoms with van der Waals surface area (Å²) in [6.45, 7) is 7.91. The van der Waals surface area contributed by atoms with Gasteiger partial charge in [-0.1, -0.05) is 23.8 Å². The minimum absolute atomic E-state index is 0.322. The standard InChI is InChI=1S/C26H30N4O3S/c1-17-13-18(2)26(19(3)14-17)34(31,32)29-20(4)15-27-24-7-6-8-25-23(24)16-28-30(25)21-9-11-22(33-5)12-10-21/h6-14,16,20,27,29H,15H2,1-5H3/t20-/m0/s1. The van der Waals surface area contributed by atoms with Crippen LogP contribution in [-0.2, 0) is 10.0 Å². The van der Waals surface area contributed by atoms with E-state index >= 15 is 0 Å². The molecule has 1 aromatic heterocycles. The molecule has 0 saturated carbocycles. The highest BCUT2D eigenvalue weighted by Gasteiger charge is 2.22. The molecular formula is C26H30N4O3S. The predicted octanol–water partition coefficient (Wildman–Crippen LogP) is 4.74. The molecule has 4 rings (SSSR count). The lowest BCUT2D eigenvalue weighted by molar-refractivity contribution is 0.414. The van der Waals surface area contributed by atoms with Crippen LogP contribution in [0, 0.1) is 20.8 Å². The highest BCUT2D eigenvalue weighted by molar-refractivity contribution is 7.89. The third-order valence-corrected chi connectivity index (χ3v) is 7.65. The topological polar surface area (TPSA) is 85.2 Å². The molecule has 0 spiro atoms. The molecule has 178 valence electrons. The third-order valence-electron chi connectivity index (χ3n) is 5.76. The van der Waals surface area contributed by atoms with Gasteiger partial charge in [-0.15, -0.1) is 0 Å². The number of nitrogens with zero attached hydrogens (tertiary/aromatic N) is 2. The second-order valence-corrected chi connectivity index (χ2v) is 10.3. The van der Waals surface area contributed by atoms with Gasteiger partial charge in [-0.2, -0.15) is 5.10 Å². The average Bonchev–Trinajstić information content (AvgIpc) is 3.21. The van der Waals surface area contributed by atoms with Crippen molar-refractivity contribution in [3.8, 4) is 11.4 Å². The number of ether oxygens (including phenoxy) is 1. The monoisotopic (exact) mass is 478 g/mol. The number of fused-ring (bicyclic) bond motifs is 1. The molecule has 8 heteroatoms. The smallest absolute Gasteiger partial charge is 0.241 e. The minimum atomic E-state index is -3.64. The van der Waals surface area contributed by atoms with Crippen molar-refractivity contribution < 1.29 is 13.2 Å². The molecule has 1 heterocycles. The SMILES string of the molecule is COc1ccc(-n2ncc3c(NC[C@H](C)NS(=O)(=O)c4c(C)cc(C)cc4C)cccc32)cc1. The van der Waals surface area contributed by atoms with Crippen LogP contribution in [0.25, 0.3) is 16.6 Å². The van der Waals surface area contributed by atoms with E-state index in [0.29, 0.717) is 11.4 Å². The number of sulfonamides is 1. The maximum Gasteiger partial charge on any atom is 0.241 e. The Hall–Kier alpha value is -3.36. The predicted molar refractivity (Wildman–Crippen MR) is 137 cm³/mol. The fraction of sp³-hybridized carbons (Fsp3) is 0.269. The number of rotatable bonds is 8. The van der Waals surface area contributed by atoms with Crippen LogP contribution in [0.2, 0.25) is 0 Å². The lowest BCUT2D eigenvalue weighted by atomic mass is 10.1. The number of methoxy groups -OCH3 is 1. The van der Waals surface area contributed by atoms with Gasteiger partial charge in [0.25, 0.3) is 0 Å². The summed E-state index contributed by atoms with van der Waals surface area (Å²) < 4.78 is 36.0. The summed E-state index contributed by atoms with van der Waals surface area (Å²) in [7, 11) is -2.00. The first-order chi connectivity index (χ1) is 16.2. The molecule has 0 fully saturated rings. The van der Waals surface area contributed by atoms with E-state index in [9.17, 15) is 8.42 Å². The van der Waals surface area contributed by atoms with Crippen molar-refractivity contribution in [2.24, 2.45) is 0 Å². The van der Waals surface area contributed by atoms with E-state index in [1.54, 1.807) is 7.11 Å². The Morgan fingerprint density at radius 3 is 2.35 bits per heavy atom. The molecule has 0 bridgehead atoms. The van der Waals surface area contributed by atoms with Gasteiger partial charge in [0.05, 0.1) is 29.4 Å². The third kappa shape index (κ3) is 4.78. The maximum atomic E-state index is 13.1. The fourth-order valence-corrected chi connectivity index (χ4v) is 6.05. The number of hydrogen-bond donors (Lipinski definition) is 2. The zero-order chi connectivity index (χ0) is 24.5. The Morgan fingerprint density at radius 2 is 1.71 bits per heavy atom. The molecule has 0 radical (unpaired) electrons. The molecule has 0 unspecified atom stereocenters. The van der Waals surface area contributed by atoms with Crippen molar-refractivity contribution in [2.75, 3.05) is 19.0 Å². The van der Waals surface area contributed by atoms with Gasteiger partial charge in [-0.3, -0.25) is 0 Å². The molecule has 4 aromatic rings. The Bertz CT molecular complexity index is 1400. The summed E-state index contributed by atoms with van der Waals surface area (Å²) in [5.74, 6) is 0.787. The summed E-state index contributed by atoms with van der Waals surface area (Å²) in [5.41, 5.74) is 5.33. The Balaban J connectivity index is 1.51. The van der Waals surface area contributed by atoms with E-state index < -0.39 is 10.0 Å². The number of anilines is 1. The van der Waals surface area contributed by atoms with Crippen LogP contribution in [0.3, 0.4) is 0 Å². The van der Waals surface area contributed by atoms with Gasteiger partial charge in [-0.25, -0.2) is 17.8 Å². The Morgan fingerprint density at radius 1 is 1.03 bits per heavy atom. The molecule has 7 nitrogen and oxygen atoms in total. The lowest BCUT2D eigenvalue weighted by Crippen LogP contribution is -2.38. The molecule has 1 atom stereocenters. The fourth-order valence-electron chi connectivity index (χ4n) is 4.35. The number of aryl methyl sites for hydroxylation is 3. The summed E-state index contributed by atoms with van der Waals surface area (Å²) in [5, 5.41) is 8.90. The molecule has 0 amide bonds. The van der Waals surface area contributed by atoms with Crippen molar-refractivity contribution in [2.45, 2.75) is 38.6 Å². The Kier molecular flexibility index (Phi) is 6.63. The molecule has 0 aliphatic rings. The van der Waals surface area contributed by atoms with Crippen molar-refractivity contribution in [1.82, 2.24) is 14.5 Å². The van der Waals surface area contributed by atoms with Gasteiger partial charge in [-0.05, 0) is 75.2 Å². The van der Waals surface area contributed by atoms with E-state index in [4.69, 9.17) is 4.74 Å². The van der Waals surface area contributed by atoms with E-state index in [1.807, 2.05) is 93.2 Å². The van der Waals surface area contributed by atoms with Gasteiger partial charge in [0.2, 0.25) is 10.0 Å². The van der Waals surface area contributed by atoms with Crippen molar-refractivity contribution in [3.05, 3.63) is 77.5 Å². The van der Waals surface area contributed by atoms with Gasteiger partial charge in [0, 0.05) is 23.7 Å². The highest BCUT2D eigenvalue weighted by Crippen LogP contribution is 2.26. The normalized spacial score (nSPS) is 12.6. The first kappa shape index (κ1) is 23.8. The van der Waals surface area contributed by atoms with Crippen LogP contribution in [0.4, 0.5) is 5.69 Å². The lowest BCUT2D eigenvalue weighted by Gasteiger charge is -2.18. The van der Waals surface area contributed by atoms with E-state index in [0.717, 1.165) is 44.7 Å². The molecule has 0 saturated heterocycles. The van der Waals surface area contributed by atoms with Crippen molar-refractivity contribution >= 4 is 26.6 Å². The zero-order valence-corrected chi connectivity index (χ0v) is 20.9. The van der Waals surface area contributed by atoms with Crippen molar-refractivity contribution in [3.63, 3.8) is 0 Å².